The molecule has 0 saturated heterocycles. The van der Waals surface area contributed by atoms with E-state index in [4.69, 9.17) is 4.74 Å². The quantitative estimate of drug-likeness (QED) is 0.626. The molecule has 21 heavy (non-hydrogen) atoms. The van der Waals surface area contributed by atoms with Crippen molar-refractivity contribution in [1.82, 2.24) is 10.2 Å². The van der Waals surface area contributed by atoms with Crippen LogP contribution in [-0.2, 0) is 4.79 Å². The second-order valence-corrected chi connectivity index (χ2v) is 7.23. The number of carbonyl (C=O) groups excluding carboxylic acids is 1. The van der Waals surface area contributed by atoms with Gasteiger partial charge in [-0.15, -0.1) is 10.2 Å². The number of hydrogen-bond donors (Lipinski definition) is 1. The Hall–Kier alpha value is -1.12. The molecule has 0 radical (unpaired) electrons. The van der Waals surface area contributed by atoms with Crippen LogP contribution in [0, 0.1) is 13.8 Å². The Kier molecular flexibility index (Phi) is 5.60. The number of nitrogens with zero attached hydrogens (tertiary/aromatic N) is 2. The summed E-state index contributed by atoms with van der Waals surface area (Å²) in [5, 5.41) is 11.0. The third kappa shape index (κ3) is 4.42. The maximum Gasteiger partial charge on any atom is 0.264 e. The van der Waals surface area contributed by atoms with Crippen molar-refractivity contribution in [2.24, 2.45) is 0 Å². The summed E-state index contributed by atoms with van der Waals surface area (Å²) < 4.78 is 7.41. The number of thioether (sulfide) groups is 1. The Bertz CT molecular complexity index is 638. The minimum atomic E-state index is -0.250. The van der Waals surface area contributed by atoms with E-state index in [1.54, 1.807) is 0 Å². The smallest absolute Gasteiger partial charge is 0.264 e. The number of carbonyl (C=O) groups is 1. The fourth-order valence-corrected chi connectivity index (χ4v) is 3.63. The van der Waals surface area contributed by atoms with E-state index in [2.05, 4.69) is 31.4 Å². The molecule has 0 aliphatic carbocycles. The molecule has 5 nitrogen and oxygen atoms in total. The molecule has 0 saturated carbocycles. The van der Waals surface area contributed by atoms with Crippen LogP contribution in [0.3, 0.4) is 0 Å². The maximum absolute atomic E-state index is 11.9. The molecule has 1 heterocycles. The zero-order chi connectivity index (χ0) is 15.4. The highest BCUT2D eigenvalue weighted by atomic mass is 79.9. The van der Waals surface area contributed by atoms with Crippen LogP contribution in [0.25, 0.3) is 0 Å². The van der Waals surface area contributed by atoms with Crippen LogP contribution in [0.1, 0.15) is 11.1 Å². The van der Waals surface area contributed by atoms with E-state index in [-0.39, 0.29) is 12.5 Å². The first-order valence-corrected chi connectivity index (χ1v) is 8.90. The fraction of sp³-hybridized carbons (Fsp3) is 0.308. The van der Waals surface area contributed by atoms with Crippen molar-refractivity contribution in [2.75, 3.05) is 18.2 Å². The van der Waals surface area contributed by atoms with E-state index >= 15 is 0 Å². The first-order valence-electron chi connectivity index (χ1n) is 6.06. The topological polar surface area (TPSA) is 64.1 Å². The maximum atomic E-state index is 11.9. The number of aryl methyl sites for hydroxylation is 2. The molecule has 2 aromatic rings. The minimum Gasteiger partial charge on any atom is -0.483 e. The van der Waals surface area contributed by atoms with Crippen LogP contribution in [0.15, 0.2) is 20.9 Å². The van der Waals surface area contributed by atoms with Gasteiger partial charge >= 0.3 is 0 Å². The van der Waals surface area contributed by atoms with Crippen molar-refractivity contribution in [3.05, 3.63) is 27.7 Å². The highest BCUT2D eigenvalue weighted by Crippen LogP contribution is 2.27. The van der Waals surface area contributed by atoms with Gasteiger partial charge in [0.2, 0.25) is 5.13 Å². The van der Waals surface area contributed by atoms with Crippen LogP contribution in [-0.4, -0.2) is 29.0 Å². The molecule has 0 fully saturated rings. The molecule has 0 aliphatic heterocycles. The molecule has 2 rings (SSSR count). The largest absolute Gasteiger partial charge is 0.483 e. The van der Waals surface area contributed by atoms with E-state index in [1.807, 2.05) is 32.2 Å². The van der Waals surface area contributed by atoms with Crippen molar-refractivity contribution >= 4 is 50.1 Å². The van der Waals surface area contributed by atoms with Gasteiger partial charge in [-0.2, -0.15) is 0 Å². The molecular weight excluding hydrogens is 374 g/mol. The second-order valence-electron chi connectivity index (χ2n) is 4.28. The van der Waals surface area contributed by atoms with Gasteiger partial charge in [0, 0.05) is 4.47 Å². The van der Waals surface area contributed by atoms with Crippen molar-refractivity contribution in [3.8, 4) is 5.75 Å². The third-order valence-electron chi connectivity index (χ3n) is 2.60. The lowest BCUT2D eigenvalue weighted by Crippen LogP contribution is -2.20. The zero-order valence-corrected chi connectivity index (χ0v) is 15.0. The summed E-state index contributed by atoms with van der Waals surface area (Å²) in [5.41, 5.74) is 1.96. The van der Waals surface area contributed by atoms with Crippen LogP contribution in [0.4, 0.5) is 5.13 Å². The number of hydrogen-bond acceptors (Lipinski definition) is 6. The summed E-state index contributed by atoms with van der Waals surface area (Å²) in [7, 11) is 0. The number of anilines is 1. The van der Waals surface area contributed by atoms with E-state index in [1.165, 1.54) is 23.1 Å². The number of rotatable bonds is 5. The zero-order valence-electron chi connectivity index (χ0n) is 11.8. The highest BCUT2D eigenvalue weighted by molar-refractivity contribution is 9.10. The number of nitrogens with one attached hydrogen (secondary N) is 1. The molecule has 1 aromatic heterocycles. The number of ether oxygens (including phenoxy) is 1. The normalized spacial score (nSPS) is 10.5. The van der Waals surface area contributed by atoms with Crippen molar-refractivity contribution in [3.63, 3.8) is 0 Å². The van der Waals surface area contributed by atoms with Gasteiger partial charge in [0.15, 0.2) is 10.9 Å². The Labute approximate surface area is 139 Å². The molecule has 0 aliphatic rings. The van der Waals surface area contributed by atoms with Gasteiger partial charge in [0.1, 0.15) is 5.75 Å². The van der Waals surface area contributed by atoms with E-state index in [0.717, 1.165) is 25.7 Å². The molecule has 1 N–H and O–H groups in total. The lowest BCUT2D eigenvalue weighted by Gasteiger charge is -2.12. The van der Waals surface area contributed by atoms with Crippen LogP contribution >= 0.6 is 39.0 Å². The molecule has 8 heteroatoms. The van der Waals surface area contributed by atoms with Crippen LogP contribution < -0.4 is 10.1 Å². The van der Waals surface area contributed by atoms with Crippen molar-refractivity contribution in [1.29, 1.82) is 0 Å². The predicted octanol–water partition coefficient (Wildman–Crippen LogP) is 3.66. The van der Waals surface area contributed by atoms with Gasteiger partial charge in [0.05, 0.1) is 0 Å². The summed E-state index contributed by atoms with van der Waals surface area (Å²) in [6.07, 6.45) is 1.91. The molecule has 1 amide bonds. The summed E-state index contributed by atoms with van der Waals surface area (Å²) in [6.45, 7) is 3.83. The number of amides is 1. The van der Waals surface area contributed by atoms with Gasteiger partial charge in [-0.1, -0.05) is 39.0 Å². The van der Waals surface area contributed by atoms with Gasteiger partial charge < -0.3 is 4.74 Å². The van der Waals surface area contributed by atoms with Gasteiger partial charge in [-0.3, -0.25) is 10.1 Å². The summed E-state index contributed by atoms with van der Waals surface area (Å²) in [6, 6.07) is 3.91. The Morgan fingerprint density at radius 3 is 2.62 bits per heavy atom. The van der Waals surface area contributed by atoms with E-state index in [0.29, 0.717) is 5.13 Å². The van der Waals surface area contributed by atoms with Crippen LogP contribution in [0.2, 0.25) is 0 Å². The van der Waals surface area contributed by atoms with Gasteiger partial charge in [-0.25, -0.2) is 0 Å². The summed E-state index contributed by atoms with van der Waals surface area (Å²) >= 11 is 6.26. The van der Waals surface area contributed by atoms with E-state index < -0.39 is 0 Å². The molecule has 112 valence electrons. The highest BCUT2D eigenvalue weighted by Gasteiger charge is 2.11. The summed E-state index contributed by atoms with van der Waals surface area (Å²) in [4.78, 5) is 11.9. The lowest BCUT2D eigenvalue weighted by molar-refractivity contribution is -0.118. The Morgan fingerprint density at radius 2 is 2.05 bits per heavy atom. The predicted molar refractivity (Wildman–Crippen MR) is 89.4 cm³/mol. The molecule has 1 aromatic carbocycles. The lowest BCUT2D eigenvalue weighted by atomic mass is 10.1. The van der Waals surface area contributed by atoms with Crippen molar-refractivity contribution < 1.29 is 9.53 Å². The third-order valence-corrected chi connectivity index (χ3v) is 4.87. The van der Waals surface area contributed by atoms with Crippen molar-refractivity contribution in [2.45, 2.75) is 18.2 Å². The minimum absolute atomic E-state index is 0.0580. The number of aromatic nitrogens is 2. The Balaban J connectivity index is 1.95. The number of halogens is 1. The Morgan fingerprint density at radius 1 is 1.38 bits per heavy atom. The summed E-state index contributed by atoms with van der Waals surface area (Å²) in [5.74, 6) is 0.482. The van der Waals surface area contributed by atoms with E-state index in [9.17, 15) is 4.79 Å². The first-order chi connectivity index (χ1) is 9.99. The second kappa shape index (κ2) is 7.24. The monoisotopic (exact) mass is 387 g/mol. The fourth-order valence-electron chi connectivity index (χ4n) is 1.76. The average molecular weight is 388 g/mol. The standard InChI is InChI=1S/C13H14BrN3O2S2/c1-7-4-9(14)5-8(2)11(7)19-6-10(18)15-12-16-17-13(20-3)21-12/h4-5H,6H2,1-3H3,(H,15,16,18). The van der Waals surface area contributed by atoms with Gasteiger partial charge in [-0.05, 0) is 43.4 Å². The SMILES string of the molecule is CSc1nnc(NC(=O)COc2c(C)cc(Br)cc2C)s1. The first kappa shape index (κ1) is 16.3. The number of benzene rings is 1. The van der Waals surface area contributed by atoms with Gasteiger partial charge in [0.25, 0.3) is 5.91 Å². The average Bonchev–Trinajstić information content (AvgIpc) is 2.85. The molecule has 0 atom stereocenters. The van der Waals surface area contributed by atoms with Crippen LogP contribution in [0.5, 0.6) is 5.75 Å². The molecule has 0 bridgehead atoms. The molecule has 0 spiro atoms. The molecule has 0 unspecified atom stereocenters. The molecular formula is C13H14BrN3O2S2.